The van der Waals surface area contributed by atoms with Crippen LogP contribution in [0, 0.1) is 0 Å². The first-order valence-electron chi connectivity index (χ1n) is 9.86. The number of amides is 1. The van der Waals surface area contributed by atoms with E-state index in [1.807, 2.05) is 36.4 Å². The number of carbonyl (C=O) groups is 1. The van der Waals surface area contributed by atoms with Crippen molar-refractivity contribution in [3.05, 3.63) is 84.2 Å². The van der Waals surface area contributed by atoms with Gasteiger partial charge < -0.3 is 14.8 Å². The second kappa shape index (κ2) is 10.7. The second-order valence-electron chi connectivity index (χ2n) is 6.87. The lowest BCUT2D eigenvalue weighted by Crippen LogP contribution is -2.40. The van der Waals surface area contributed by atoms with Crippen LogP contribution in [0.5, 0.6) is 11.5 Å². The average molecular weight is 456 g/mol. The van der Waals surface area contributed by atoms with Crippen molar-refractivity contribution in [2.75, 3.05) is 20.8 Å². The van der Waals surface area contributed by atoms with Crippen molar-refractivity contribution >= 4 is 15.9 Å². The average Bonchev–Trinajstić information content (AvgIpc) is 2.83. The van der Waals surface area contributed by atoms with Gasteiger partial charge in [-0.2, -0.15) is 4.31 Å². The van der Waals surface area contributed by atoms with Gasteiger partial charge in [0.05, 0.1) is 37.9 Å². The Hall–Kier alpha value is -3.43. The SMILES string of the molecule is COc1ccc(S(=O)(=O)N(CC(=O)NCc2ccccn2)Cc2ccccc2)cc1OC. The Balaban J connectivity index is 1.85. The number of ether oxygens (including phenoxy) is 2. The smallest absolute Gasteiger partial charge is 0.243 e. The fourth-order valence-electron chi connectivity index (χ4n) is 3.05. The van der Waals surface area contributed by atoms with E-state index in [0.717, 1.165) is 9.87 Å². The van der Waals surface area contributed by atoms with Gasteiger partial charge in [0.1, 0.15) is 0 Å². The minimum atomic E-state index is -4.01. The molecule has 0 bridgehead atoms. The van der Waals surface area contributed by atoms with Gasteiger partial charge >= 0.3 is 0 Å². The molecule has 32 heavy (non-hydrogen) atoms. The largest absolute Gasteiger partial charge is 0.493 e. The van der Waals surface area contributed by atoms with Crippen LogP contribution in [0.1, 0.15) is 11.3 Å². The van der Waals surface area contributed by atoms with E-state index < -0.39 is 15.9 Å². The molecule has 0 saturated heterocycles. The quantitative estimate of drug-likeness (QED) is 0.505. The third-order valence-electron chi connectivity index (χ3n) is 4.71. The minimum absolute atomic E-state index is 0.00334. The summed E-state index contributed by atoms with van der Waals surface area (Å²) < 4.78 is 38.5. The van der Waals surface area contributed by atoms with E-state index in [0.29, 0.717) is 11.4 Å². The van der Waals surface area contributed by atoms with Crippen LogP contribution in [-0.4, -0.2) is 44.4 Å². The summed E-state index contributed by atoms with van der Waals surface area (Å²) in [6.07, 6.45) is 1.63. The van der Waals surface area contributed by atoms with E-state index in [2.05, 4.69) is 10.3 Å². The maximum absolute atomic E-state index is 13.5. The van der Waals surface area contributed by atoms with E-state index in [-0.39, 0.29) is 30.3 Å². The Morgan fingerprint density at radius 3 is 2.34 bits per heavy atom. The van der Waals surface area contributed by atoms with Crippen molar-refractivity contribution in [2.45, 2.75) is 18.0 Å². The van der Waals surface area contributed by atoms with Gasteiger partial charge in [-0.25, -0.2) is 8.42 Å². The zero-order valence-corrected chi connectivity index (χ0v) is 18.7. The molecule has 1 heterocycles. The van der Waals surface area contributed by atoms with Gasteiger partial charge in [-0.1, -0.05) is 36.4 Å². The molecule has 1 amide bonds. The van der Waals surface area contributed by atoms with E-state index in [9.17, 15) is 13.2 Å². The highest BCUT2D eigenvalue weighted by Gasteiger charge is 2.28. The number of sulfonamides is 1. The summed E-state index contributed by atoms with van der Waals surface area (Å²) in [7, 11) is -1.11. The van der Waals surface area contributed by atoms with E-state index in [1.165, 1.54) is 32.4 Å². The highest BCUT2D eigenvalue weighted by molar-refractivity contribution is 7.89. The number of methoxy groups -OCH3 is 2. The number of aromatic nitrogens is 1. The second-order valence-corrected chi connectivity index (χ2v) is 8.81. The van der Waals surface area contributed by atoms with Gasteiger partial charge in [0.25, 0.3) is 0 Å². The Morgan fingerprint density at radius 1 is 0.969 bits per heavy atom. The van der Waals surface area contributed by atoms with E-state index >= 15 is 0 Å². The third kappa shape index (κ3) is 5.83. The lowest BCUT2D eigenvalue weighted by atomic mass is 10.2. The summed E-state index contributed by atoms with van der Waals surface area (Å²) in [6, 6.07) is 18.8. The van der Waals surface area contributed by atoms with Crippen molar-refractivity contribution in [1.29, 1.82) is 0 Å². The molecule has 0 atom stereocenters. The number of pyridine rings is 1. The van der Waals surface area contributed by atoms with Crippen LogP contribution in [0.25, 0.3) is 0 Å². The minimum Gasteiger partial charge on any atom is -0.493 e. The molecule has 3 rings (SSSR count). The van der Waals surface area contributed by atoms with Gasteiger partial charge in [-0.15, -0.1) is 0 Å². The molecule has 0 aliphatic rings. The number of nitrogens with one attached hydrogen (secondary N) is 1. The Kier molecular flexibility index (Phi) is 7.80. The molecular weight excluding hydrogens is 430 g/mol. The molecule has 0 saturated carbocycles. The summed E-state index contributed by atoms with van der Waals surface area (Å²) in [6.45, 7) is -0.109. The Morgan fingerprint density at radius 2 is 1.69 bits per heavy atom. The summed E-state index contributed by atoms with van der Waals surface area (Å²) in [4.78, 5) is 16.8. The van der Waals surface area contributed by atoms with Crippen molar-refractivity contribution in [1.82, 2.24) is 14.6 Å². The van der Waals surface area contributed by atoms with Crippen molar-refractivity contribution in [3.63, 3.8) is 0 Å². The maximum atomic E-state index is 13.5. The van der Waals surface area contributed by atoms with Gasteiger partial charge in [0, 0.05) is 18.8 Å². The zero-order chi connectivity index (χ0) is 23.0. The predicted octanol–water partition coefficient (Wildman–Crippen LogP) is 2.61. The van der Waals surface area contributed by atoms with Crippen LogP contribution in [0.15, 0.2) is 77.8 Å². The molecule has 2 aromatic carbocycles. The molecule has 0 fully saturated rings. The number of hydrogen-bond acceptors (Lipinski definition) is 6. The van der Waals surface area contributed by atoms with Crippen LogP contribution in [-0.2, 0) is 27.9 Å². The van der Waals surface area contributed by atoms with Crippen LogP contribution in [0.4, 0.5) is 0 Å². The molecule has 9 heteroatoms. The monoisotopic (exact) mass is 455 g/mol. The fourth-order valence-corrected chi connectivity index (χ4v) is 4.45. The van der Waals surface area contributed by atoms with Gasteiger partial charge in [-0.3, -0.25) is 9.78 Å². The number of hydrogen-bond donors (Lipinski definition) is 1. The lowest BCUT2D eigenvalue weighted by molar-refractivity contribution is -0.121. The third-order valence-corrected chi connectivity index (χ3v) is 6.50. The Labute approximate surface area is 187 Å². The van der Waals surface area contributed by atoms with Crippen molar-refractivity contribution in [2.24, 2.45) is 0 Å². The van der Waals surface area contributed by atoms with Crippen molar-refractivity contribution in [3.8, 4) is 11.5 Å². The van der Waals surface area contributed by atoms with E-state index in [4.69, 9.17) is 9.47 Å². The Bertz CT molecular complexity index is 1140. The predicted molar refractivity (Wildman–Crippen MR) is 120 cm³/mol. The first-order valence-corrected chi connectivity index (χ1v) is 11.3. The van der Waals surface area contributed by atoms with Gasteiger partial charge in [0.2, 0.25) is 15.9 Å². The molecule has 0 aliphatic carbocycles. The normalized spacial score (nSPS) is 11.2. The highest BCUT2D eigenvalue weighted by Crippen LogP contribution is 2.31. The summed E-state index contributed by atoms with van der Waals surface area (Å²) >= 11 is 0. The number of nitrogens with zero attached hydrogens (tertiary/aromatic N) is 2. The maximum Gasteiger partial charge on any atom is 0.243 e. The molecule has 8 nitrogen and oxygen atoms in total. The van der Waals surface area contributed by atoms with Crippen LogP contribution >= 0.6 is 0 Å². The number of rotatable bonds is 10. The fraction of sp³-hybridized carbons (Fsp3) is 0.217. The van der Waals surface area contributed by atoms with Crippen LogP contribution in [0.2, 0.25) is 0 Å². The first kappa shape index (κ1) is 23.2. The molecule has 3 aromatic rings. The standard InChI is InChI=1S/C23H25N3O5S/c1-30-21-12-11-20(14-22(21)31-2)32(28,29)26(16-18-8-4-3-5-9-18)17-23(27)25-15-19-10-6-7-13-24-19/h3-14H,15-17H2,1-2H3,(H,25,27). The van der Waals surface area contributed by atoms with Crippen LogP contribution < -0.4 is 14.8 Å². The summed E-state index contributed by atoms with van der Waals surface area (Å²) in [5.41, 5.74) is 1.44. The molecule has 0 spiro atoms. The molecular formula is C23H25N3O5S. The molecule has 1 N–H and O–H groups in total. The number of carbonyl (C=O) groups excluding carboxylic acids is 1. The van der Waals surface area contributed by atoms with Gasteiger partial charge in [0.15, 0.2) is 11.5 Å². The molecule has 0 unspecified atom stereocenters. The first-order chi connectivity index (χ1) is 15.4. The number of benzene rings is 2. The highest BCUT2D eigenvalue weighted by atomic mass is 32.2. The topological polar surface area (TPSA) is 97.8 Å². The van der Waals surface area contributed by atoms with Crippen molar-refractivity contribution < 1.29 is 22.7 Å². The van der Waals surface area contributed by atoms with Gasteiger partial charge in [-0.05, 0) is 29.8 Å². The lowest BCUT2D eigenvalue weighted by Gasteiger charge is -2.22. The summed E-state index contributed by atoms with van der Waals surface area (Å²) in [5.74, 6) is 0.262. The molecule has 168 valence electrons. The zero-order valence-electron chi connectivity index (χ0n) is 17.9. The molecule has 0 aliphatic heterocycles. The summed E-state index contributed by atoms with van der Waals surface area (Å²) in [5, 5.41) is 2.73. The molecule has 0 radical (unpaired) electrons. The van der Waals surface area contributed by atoms with E-state index in [1.54, 1.807) is 18.3 Å². The molecule has 1 aromatic heterocycles. The van der Waals surface area contributed by atoms with Crippen LogP contribution in [0.3, 0.4) is 0 Å².